The van der Waals surface area contributed by atoms with Crippen LogP contribution in [0.15, 0.2) is 11.3 Å². The Morgan fingerprint density at radius 2 is 1.95 bits per heavy atom. The molecule has 2 unspecified atom stereocenters. The lowest BCUT2D eigenvalue weighted by Crippen LogP contribution is -2.54. The molecular formula is C16H23NO2. The number of aliphatic hydroxyl groups excluding tert-OH is 1. The molecule has 0 spiro atoms. The highest BCUT2D eigenvalue weighted by molar-refractivity contribution is 5.34. The van der Waals surface area contributed by atoms with E-state index in [1.54, 1.807) is 0 Å². The van der Waals surface area contributed by atoms with Crippen molar-refractivity contribution in [2.45, 2.75) is 65.1 Å². The molecule has 2 fully saturated rings. The number of fused-ring (bicyclic) bond motifs is 1. The van der Waals surface area contributed by atoms with Crippen LogP contribution in [0.4, 0.5) is 0 Å². The van der Waals surface area contributed by atoms with Gasteiger partial charge in [0.15, 0.2) is 0 Å². The van der Waals surface area contributed by atoms with Crippen LogP contribution in [-0.4, -0.2) is 17.3 Å². The Bertz CT molecular complexity index is 470. The van der Waals surface area contributed by atoms with Gasteiger partial charge in [-0.15, -0.1) is 0 Å². The Balaban J connectivity index is 1.95. The van der Waals surface area contributed by atoms with Crippen molar-refractivity contribution >= 4 is 0 Å². The first-order valence-electron chi connectivity index (χ1n) is 7.36. The van der Waals surface area contributed by atoms with Gasteiger partial charge in [-0.25, -0.2) is 0 Å². The topological polar surface area (TPSA) is 53.2 Å². The van der Waals surface area contributed by atoms with Crippen molar-refractivity contribution in [3.63, 3.8) is 0 Å². The van der Waals surface area contributed by atoms with Crippen LogP contribution in [0.1, 0.15) is 52.9 Å². The quantitative estimate of drug-likeness (QED) is 0.782. The largest absolute Gasteiger partial charge is 0.511 e. The zero-order valence-corrected chi connectivity index (χ0v) is 12.1. The van der Waals surface area contributed by atoms with E-state index in [1.165, 1.54) is 12.8 Å². The van der Waals surface area contributed by atoms with Crippen molar-refractivity contribution in [2.75, 3.05) is 0 Å². The van der Waals surface area contributed by atoms with Crippen LogP contribution in [0.25, 0.3) is 0 Å². The second-order valence-corrected chi connectivity index (χ2v) is 7.42. The minimum atomic E-state index is -0.453. The molecule has 104 valence electrons. The van der Waals surface area contributed by atoms with Crippen LogP contribution in [0.2, 0.25) is 0 Å². The van der Waals surface area contributed by atoms with Crippen LogP contribution in [0, 0.1) is 28.1 Å². The van der Waals surface area contributed by atoms with Crippen LogP contribution in [0.5, 0.6) is 0 Å². The van der Waals surface area contributed by atoms with Gasteiger partial charge in [-0.3, -0.25) is 0 Å². The minimum absolute atomic E-state index is 0.00775. The lowest BCUT2D eigenvalue weighted by atomic mass is 9.59. The van der Waals surface area contributed by atoms with Crippen LogP contribution in [0.3, 0.4) is 0 Å². The number of nitrogens with zero attached hydrogens (tertiary/aromatic N) is 1. The molecule has 0 aromatic rings. The number of allylic oxidation sites excluding steroid dienone is 1. The fourth-order valence-corrected chi connectivity index (χ4v) is 4.14. The van der Waals surface area contributed by atoms with E-state index in [1.807, 2.05) is 13.8 Å². The van der Waals surface area contributed by atoms with Crippen LogP contribution < -0.4 is 0 Å². The molecule has 19 heavy (non-hydrogen) atoms. The van der Waals surface area contributed by atoms with Crippen molar-refractivity contribution in [1.82, 2.24) is 0 Å². The normalized spacial score (nSPS) is 41.6. The van der Waals surface area contributed by atoms with E-state index in [0.717, 1.165) is 18.8 Å². The van der Waals surface area contributed by atoms with Crippen molar-refractivity contribution in [3.05, 3.63) is 11.3 Å². The summed E-state index contributed by atoms with van der Waals surface area (Å²) in [4.78, 5) is 0. The third-order valence-corrected chi connectivity index (χ3v) is 5.36. The highest BCUT2D eigenvalue weighted by atomic mass is 16.5. The van der Waals surface area contributed by atoms with Gasteiger partial charge in [0.05, 0.1) is 23.9 Å². The fourth-order valence-electron chi connectivity index (χ4n) is 4.14. The van der Waals surface area contributed by atoms with E-state index in [0.29, 0.717) is 18.1 Å². The molecule has 0 radical (unpaired) electrons. The number of ether oxygens (including phenoxy) is 1. The van der Waals surface area contributed by atoms with Crippen LogP contribution >= 0.6 is 0 Å². The first kappa shape index (κ1) is 13.0. The molecular weight excluding hydrogens is 238 g/mol. The maximum absolute atomic E-state index is 10.4. The third kappa shape index (κ3) is 1.89. The Morgan fingerprint density at radius 1 is 1.26 bits per heavy atom. The summed E-state index contributed by atoms with van der Waals surface area (Å²) < 4.78 is 6.39. The average molecular weight is 261 g/mol. The van der Waals surface area contributed by atoms with Crippen LogP contribution in [-0.2, 0) is 4.74 Å². The smallest absolute Gasteiger partial charge is 0.114 e. The second kappa shape index (κ2) is 3.99. The van der Waals surface area contributed by atoms with Gasteiger partial charge in [0.25, 0.3) is 0 Å². The predicted octanol–water partition coefficient (Wildman–Crippen LogP) is 3.72. The molecule has 1 saturated heterocycles. The molecule has 3 heteroatoms. The molecule has 1 heterocycles. The van der Waals surface area contributed by atoms with Crippen molar-refractivity contribution in [1.29, 1.82) is 5.26 Å². The van der Waals surface area contributed by atoms with Gasteiger partial charge in [-0.1, -0.05) is 20.8 Å². The maximum Gasteiger partial charge on any atom is 0.114 e. The molecule has 1 saturated carbocycles. The molecule has 0 bridgehead atoms. The Kier molecular flexibility index (Phi) is 2.73. The van der Waals surface area contributed by atoms with E-state index >= 15 is 0 Å². The average Bonchev–Trinajstić information content (AvgIpc) is 3.18. The standard InChI is InChI=1S/C16H23NO2/c1-15(2)13(18)11(9-17)8-16(3)7-6-12(10-4-5-10)19-14(15)16/h10,12,14,18H,4-8H2,1-3H3/t12?,14-,16?/m0/s1. The van der Waals surface area contributed by atoms with Crippen molar-refractivity contribution < 1.29 is 9.84 Å². The third-order valence-electron chi connectivity index (χ3n) is 5.36. The van der Waals surface area contributed by atoms with Crippen molar-refractivity contribution in [3.8, 4) is 6.07 Å². The molecule has 1 aliphatic heterocycles. The van der Waals surface area contributed by atoms with Crippen molar-refractivity contribution in [2.24, 2.45) is 16.7 Å². The summed E-state index contributed by atoms with van der Waals surface area (Å²) in [6.07, 6.45) is 5.83. The maximum atomic E-state index is 10.4. The Labute approximate surface area is 115 Å². The van der Waals surface area contributed by atoms with E-state index < -0.39 is 5.41 Å². The monoisotopic (exact) mass is 261 g/mol. The molecule has 3 atom stereocenters. The number of nitriles is 1. The summed E-state index contributed by atoms with van der Waals surface area (Å²) in [5, 5.41) is 19.6. The lowest BCUT2D eigenvalue weighted by Gasteiger charge is -2.53. The SMILES string of the molecule is CC12CCC(C3CC3)O[C@H]1C(C)(C)C(O)=C(C#N)C2. The van der Waals surface area contributed by atoms with E-state index in [-0.39, 0.29) is 17.3 Å². The molecule has 3 nitrogen and oxygen atoms in total. The number of hydrogen-bond donors (Lipinski definition) is 1. The summed E-state index contributed by atoms with van der Waals surface area (Å²) in [7, 11) is 0. The van der Waals surface area contributed by atoms with Gasteiger partial charge < -0.3 is 9.84 Å². The number of hydrogen-bond acceptors (Lipinski definition) is 3. The predicted molar refractivity (Wildman–Crippen MR) is 72.4 cm³/mol. The highest BCUT2D eigenvalue weighted by Crippen LogP contribution is 2.56. The number of rotatable bonds is 1. The van der Waals surface area contributed by atoms with E-state index in [9.17, 15) is 10.4 Å². The molecule has 2 aliphatic carbocycles. The first-order chi connectivity index (χ1) is 8.88. The molecule has 0 amide bonds. The fraction of sp³-hybridized carbons (Fsp3) is 0.812. The van der Waals surface area contributed by atoms with Gasteiger partial charge in [-0.05, 0) is 43.4 Å². The summed E-state index contributed by atoms with van der Waals surface area (Å²) in [5.41, 5.74) is 0.0925. The summed E-state index contributed by atoms with van der Waals surface area (Å²) >= 11 is 0. The zero-order valence-electron chi connectivity index (χ0n) is 12.1. The molecule has 0 aromatic carbocycles. The Hall–Kier alpha value is -1.01. The van der Waals surface area contributed by atoms with Gasteiger partial charge >= 0.3 is 0 Å². The first-order valence-corrected chi connectivity index (χ1v) is 7.36. The van der Waals surface area contributed by atoms with Gasteiger partial charge in [0.2, 0.25) is 0 Å². The highest BCUT2D eigenvalue weighted by Gasteiger charge is 2.55. The van der Waals surface area contributed by atoms with E-state index in [2.05, 4.69) is 13.0 Å². The number of aliphatic hydroxyl groups is 1. The Morgan fingerprint density at radius 3 is 2.53 bits per heavy atom. The lowest BCUT2D eigenvalue weighted by molar-refractivity contribution is -0.181. The van der Waals surface area contributed by atoms with Gasteiger partial charge in [0.1, 0.15) is 5.76 Å². The minimum Gasteiger partial charge on any atom is -0.511 e. The molecule has 3 rings (SSSR count). The summed E-state index contributed by atoms with van der Waals surface area (Å²) in [5.74, 6) is 0.984. The summed E-state index contributed by atoms with van der Waals surface area (Å²) in [6.45, 7) is 6.24. The second-order valence-electron chi connectivity index (χ2n) is 7.42. The van der Waals surface area contributed by atoms with Gasteiger partial charge in [-0.2, -0.15) is 5.26 Å². The molecule has 3 aliphatic rings. The van der Waals surface area contributed by atoms with Gasteiger partial charge in [0, 0.05) is 5.41 Å². The summed E-state index contributed by atoms with van der Waals surface area (Å²) in [6, 6.07) is 2.19. The van der Waals surface area contributed by atoms with E-state index in [4.69, 9.17) is 4.74 Å². The molecule has 0 aromatic heterocycles. The zero-order chi connectivity index (χ0) is 13.8. The molecule has 1 N–H and O–H groups in total.